The van der Waals surface area contributed by atoms with Crippen LogP contribution >= 0.6 is 0 Å². The molecule has 1 fully saturated rings. The minimum atomic E-state index is 0.266. The highest BCUT2D eigenvalue weighted by Gasteiger charge is 2.27. The molecule has 0 unspecified atom stereocenters. The van der Waals surface area contributed by atoms with Gasteiger partial charge in [-0.15, -0.1) is 0 Å². The Bertz CT molecular complexity index is 1190. The molecule has 0 spiro atoms. The van der Waals surface area contributed by atoms with Gasteiger partial charge >= 0.3 is 0 Å². The Morgan fingerprint density at radius 1 is 0.933 bits per heavy atom. The second kappa shape index (κ2) is 7.38. The minimum absolute atomic E-state index is 0.266. The van der Waals surface area contributed by atoms with E-state index >= 15 is 0 Å². The molecule has 1 aliphatic carbocycles. The second-order valence-electron chi connectivity index (χ2n) is 7.91. The first-order chi connectivity index (χ1) is 14.5. The molecule has 30 heavy (non-hydrogen) atoms. The maximum Gasteiger partial charge on any atom is 0.161 e. The minimum Gasteiger partial charge on any atom is -0.367 e. The first-order valence-electron chi connectivity index (χ1n) is 10.0. The Balaban J connectivity index is 1.53. The van der Waals surface area contributed by atoms with Crippen molar-refractivity contribution >= 4 is 5.82 Å². The first kappa shape index (κ1) is 18.5. The number of benzene rings is 1. The molecule has 1 saturated carbocycles. The van der Waals surface area contributed by atoms with Gasteiger partial charge in [0.1, 0.15) is 5.82 Å². The fourth-order valence-corrected chi connectivity index (χ4v) is 3.78. The van der Waals surface area contributed by atoms with Crippen molar-refractivity contribution in [3.05, 3.63) is 55.2 Å². The summed E-state index contributed by atoms with van der Waals surface area (Å²) in [7, 11) is 3.82. The summed E-state index contributed by atoms with van der Waals surface area (Å²) in [4.78, 5) is 9.56. The number of aromatic nitrogens is 6. The lowest BCUT2D eigenvalue weighted by molar-refractivity contribution is 0.373. The predicted molar refractivity (Wildman–Crippen MR) is 116 cm³/mol. The summed E-state index contributed by atoms with van der Waals surface area (Å²) in [6.07, 6.45) is 11.4. The smallest absolute Gasteiger partial charge is 0.161 e. The molecule has 3 aromatic heterocycles. The Kier molecular flexibility index (Phi) is 4.55. The van der Waals surface area contributed by atoms with Crippen molar-refractivity contribution in [1.82, 2.24) is 29.5 Å². The van der Waals surface area contributed by atoms with E-state index < -0.39 is 0 Å². The number of nitrogens with zero attached hydrogens (tertiary/aromatic N) is 6. The van der Waals surface area contributed by atoms with Gasteiger partial charge in [-0.05, 0) is 24.5 Å². The van der Waals surface area contributed by atoms with Crippen LogP contribution in [0.25, 0.3) is 33.6 Å². The van der Waals surface area contributed by atoms with Gasteiger partial charge in [0, 0.05) is 67.0 Å². The zero-order valence-corrected chi connectivity index (χ0v) is 17.0. The van der Waals surface area contributed by atoms with Gasteiger partial charge in [0.15, 0.2) is 5.82 Å². The van der Waals surface area contributed by atoms with Gasteiger partial charge in [0.05, 0.1) is 12.4 Å². The summed E-state index contributed by atoms with van der Waals surface area (Å²) in [5.41, 5.74) is 11.0. The Morgan fingerprint density at radius 2 is 1.63 bits per heavy atom. The molecule has 1 aromatic carbocycles. The van der Waals surface area contributed by atoms with E-state index in [0.717, 1.165) is 46.5 Å². The molecular weight excluding hydrogens is 376 g/mol. The van der Waals surface area contributed by atoms with E-state index in [1.54, 1.807) is 9.36 Å². The van der Waals surface area contributed by atoms with Crippen molar-refractivity contribution in [1.29, 1.82) is 0 Å². The summed E-state index contributed by atoms with van der Waals surface area (Å²) in [6, 6.07) is 8.82. The van der Waals surface area contributed by atoms with Crippen LogP contribution in [0, 0.1) is 0 Å². The molecule has 5 rings (SSSR count). The second-order valence-corrected chi connectivity index (χ2v) is 7.91. The largest absolute Gasteiger partial charge is 0.367 e. The van der Waals surface area contributed by atoms with Crippen LogP contribution in [0.3, 0.4) is 0 Å². The van der Waals surface area contributed by atoms with Crippen LogP contribution in [-0.2, 0) is 14.1 Å². The number of nitrogens with two attached hydrogens (primary N) is 1. The number of aryl methyl sites for hydroxylation is 2. The molecular formula is C22H24N8. The number of hydrogen-bond acceptors (Lipinski definition) is 6. The average Bonchev–Trinajstić information content (AvgIpc) is 3.35. The summed E-state index contributed by atoms with van der Waals surface area (Å²) >= 11 is 0. The van der Waals surface area contributed by atoms with Crippen LogP contribution in [-0.4, -0.2) is 41.6 Å². The molecule has 1 aliphatic rings. The van der Waals surface area contributed by atoms with E-state index in [4.69, 9.17) is 10.7 Å². The number of nitrogens with one attached hydrogen (secondary N) is 1. The first-order valence-corrected chi connectivity index (χ1v) is 10.0. The van der Waals surface area contributed by atoms with Gasteiger partial charge < -0.3 is 11.1 Å². The van der Waals surface area contributed by atoms with Gasteiger partial charge in [-0.1, -0.05) is 18.2 Å². The third-order valence-electron chi connectivity index (χ3n) is 5.48. The molecule has 152 valence electrons. The van der Waals surface area contributed by atoms with E-state index in [1.165, 1.54) is 0 Å². The van der Waals surface area contributed by atoms with Gasteiger partial charge in [-0.2, -0.15) is 10.2 Å². The third kappa shape index (κ3) is 3.57. The fraction of sp³-hybridized carbons (Fsp3) is 0.273. The van der Waals surface area contributed by atoms with E-state index in [1.807, 2.05) is 57.2 Å². The zero-order valence-electron chi connectivity index (χ0n) is 17.0. The Labute approximate surface area is 174 Å². The Morgan fingerprint density at radius 3 is 2.30 bits per heavy atom. The lowest BCUT2D eigenvalue weighted by atomic mass is 9.87. The van der Waals surface area contributed by atoms with Gasteiger partial charge in [-0.25, -0.2) is 9.97 Å². The van der Waals surface area contributed by atoms with Crippen molar-refractivity contribution in [2.45, 2.75) is 24.9 Å². The molecule has 8 nitrogen and oxygen atoms in total. The number of anilines is 1. The van der Waals surface area contributed by atoms with Crippen molar-refractivity contribution in [3.8, 4) is 33.6 Å². The van der Waals surface area contributed by atoms with Crippen LogP contribution in [0.1, 0.15) is 12.8 Å². The molecule has 3 heterocycles. The van der Waals surface area contributed by atoms with Crippen LogP contribution in [0.4, 0.5) is 5.82 Å². The molecule has 4 aromatic rings. The summed E-state index contributed by atoms with van der Waals surface area (Å²) in [6.45, 7) is 0. The van der Waals surface area contributed by atoms with E-state index in [9.17, 15) is 0 Å². The highest BCUT2D eigenvalue weighted by molar-refractivity contribution is 5.76. The van der Waals surface area contributed by atoms with E-state index in [-0.39, 0.29) is 6.04 Å². The standard InChI is InChI=1S/C22H24N8/c1-29-12-16(9-25-29)14-4-3-5-15(6-14)21-24-11-20(17-10-26-30(2)13-17)22(28-21)27-19-7-18(23)8-19/h3-6,9-13,18-19H,7-8,23H2,1-2H3,(H,24,27,28)/t18-,19+. The van der Waals surface area contributed by atoms with Crippen LogP contribution in [0.2, 0.25) is 0 Å². The molecule has 0 radical (unpaired) electrons. The SMILES string of the molecule is Cn1cc(-c2cccc(-c3ncc(-c4cnn(C)c4)c(N[C@H]4C[C@@H](N)C4)n3)c2)cn1. The van der Waals surface area contributed by atoms with Crippen LogP contribution in [0.5, 0.6) is 0 Å². The fourth-order valence-electron chi connectivity index (χ4n) is 3.78. The summed E-state index contributed by atoms with van der Waals surface area (Å²) in [5.74, 6) is 1.50. The van der Waals surface area contributed by atoms with Crippen molar-refractivity contribution in [2.75, 3.05) is 5.32 Å². The highest BCUT2D eigenvalue weighted by Crippen LogP contribution is 2.32. The maximum absolute atomic E-state index is 5.98. The molecule has 0 atom stereocenters. The third-order valence-corrected chi connectivity index (χ3v) is 5.48. The Hall–Kier alpha value is -3.52. The maximum atomic E-state index is 5.98. The summed E-state index contributed by atoms with van der Waals surface area (Å²) < 4.78 is 3.58. The van der Waals surface area contributed by atoms with Crippen molar-refractivity contribution in [2.24, 2.45) is 19.8 Å². The van der Waals surface area contributed by atoms with Gasteiger partial charge in [-0.3, -0.25) is 9.36 Å². The predicted octanol–water partition coefficient (Wildman–Crippen LogP) is 2.85. The monoisotopic (exact) mass is 400 g/mol. The molecule has 0 amide bonds. The van der Waals surface area contributed by atoms with E-state index in [2.05, 4.69) is 32.6 Å². The van der Waals surface area contributed by atoms with Gasteiger partial charge in [0.25, 0.3) is 0 Å². The van der Waals surface area contributed by atoms with Crippen LogP contribution in [0.15, 0.2) is 55.2 Å². The molecule has 0 aliphatic heterocycles. The van der Waals surface area contributed by atoms with Gasteiger partial charge in [0.2, 0.25) is 0 Å². The number of hydrogen-bond donors (Lipinski definition) is 2. The van der Waals surface area contributed by atoms with Crippen molar-refractivity contribution in [3.63, 3.8) is 0 Å². The van der Waals surface area contributed by atoms with E-state index in [0.29, 0.717) is 11.9 Å². The zero-order chi connectivity index (χ0) is 20.7. The van der Waals surface area contributed by atoms with Crippen molar-refractivity contribution < 1.29 is 0 Å². The molecule has 8 heteroatoms. The van der Waals surface area contributed by atoms with Crippen LogP contribution < -0.4 is 11.1 Å². The lowest BCUT2D eigenvalue weighted by Gasteiger charge is -2.33. The summed E-state index contributed by atoms with van der Waals surface area (Å²) in [5, 5.41) is 12.1. The normalized spacial score (nSPS) is 18.2. The average molecular weight is 400 g/mol. The number of rotatable bonds is 5. The molecule has 0 bridgehead atoms. The quantitative estimate of drug-likeness (QED) is 0.534. The molecule has 3 N–H and O–H groups in total. The molecule has 0 saturated heterocycles. The topological polar surface area (TPSA) is 99.5 Å². The highest BCUT2D eigenvalue weighted by atomic mass is 15.2. The lowest BCUT2D eigenvalue weighted by Crippen LogP contribution is -2.44.